The van der Waals surface area contributed by atoms with Crippen LogP contribution in [0.2, 0.25) is 0 Å². The number of carboxylic acid groups (broad SMARTS) is 1. The van der Waals surface area contributed by atoms with Gasteiger partial charge in [-0.25, -0.2) is 19.6 Å². The topological polar surface area (TPSA) is 170 Å². The van der Waals surface area contributed by atoms with Gasteiger partial charge in [0.1, 0.15) is 36.9 Å². The Hall–Kier alpha value is -3.97. The van der Waals surface area contributed by atoms with E-state index in [1.165, 1.54) is 6.33 Å². The van der Waals surface area contributed by atoms with E-state index >= 15 is 0 Å². The van der Waals surface area contributed by atoms with Crippen LogP contribution in [0.4, 0.5) is 16.4 Å². The number of nitrogens with zero attached hydrogens (tertiary/aromatic N) is 3. The maximum absolute atomic E-state index is 12.7. The molecule has 1 unspecified atom stereocenters. The Morgan fingerprint density at radius 2 is 1.85 bits per heavy atom. The molecule has 1 atom stereocenters. The highest BCUT2D eigenvalue weighted by Crippen LogP contribution is 2.28. The highest BCUT2D eigenvalue weighted by atomic mass is 16.5. The highest BCUT2D eigenvalue weighted by Gasteiger charge is 2.29. The molecule has 2 saturated heterocycles. The van der Waals surface area contributed by atoms with E-state index < -0.39 is 18.1 Å². The number of amides is 2. The minimum absolute atomic E-state index is 0.0361. The van der Waals surface area contributed by atoms with Gasteiger partial charge >= 0.3 is 12.1 Å². The number of piperidine rings is 1. The summed E-state index contributed by atoms with van der Waals surface area (Å²) in [6, 6.07) is 7.91. The van der Waals surface area contributed by atoms with E-state index in [4.69, 9.17) is 4.74 Å². The van der Waals surface area contributed by atoms with Crippen LogP contribution in [0.5, 0.6) is 0 Å². The first kappa shape index (κ1) is 29.0. The van der Waals surface area contributed by atoms with Gasteiger partial charge in [0.15, 0.2) is 0 Å². The number of nitrogens with one attached hydrogen (secondary N) is 5. The molecule has 1 aromatic heterocycles. The zero-order valence-electron chi connectivity index (χ0n) is 22.7. The smallest absolute Gasteiger partial charge is 0.408 e. The Kier molecular flexibility index (Phi) is 10.5. The molecule has 0 aliphatic carbocycles. The quantitative estimate of drug-likeness (QED) is 0.234. The summed E-state index contributed by atoms with van der Waals surface area (Å²) in [6.45, 7) is 5.01. The molecule has 13 heteroatoms. The lowest BCUT2D eigenvalue weighted by Gasteiger charge is -2.34. The van der Waals surface area contributed by atoms with Gasteiger partial charge in [0, 0.05) is 31.1 Å². The number of benzene rings is 1. The third-order valence-electron chi connectivity index (χ3n) is 7.06. The van der Waals surface area contributed by atoms with Crippen molar-refractivity contribution in [2.45, 2.75) is 51.5 Å². The number of aromatic nitrogens is 2. The number of anilines is 2. The molecule has 2 aromatic rings. The summed E-state index contributed by atoms with van der Waals surface area (Å²) in [7, 11) is 0. The average molecular weight is 555 g/mol. The van der Waals surface area contributed by atoms with Crippen LogP contribution in [0.25, 0.3) is 0 Å². The van der Waals surface area contributed by atoms with Crippen molar-refractivity contribution in [3.8, 4) is 0 Å². The van der Waals surface area contributed by atoms with Gasteiger partial charge in [-0.2, -0.15) is 0 Å². The van der Waals surface area contributed by atoms with Crippen molar-refractivity contribution in [1.29, 1.82) is 0 Å². The van der Waals surface area contributed by atoms with Crippen molar-refractivity contribution in [3.63, 3.8) is 0 Å². The normalized spacial score (nSPS) is 17.1. The zero-order valence-corrected chi connectivity index (χ0v) is 22.7. The van der Waals surface area contributed by atoms with Gasteiger partial charge in [0.2, 0.25) is 5.91 Å². The lowest BCUT2D eigenvalue weighted by Crippen LogP contribution is -2.59. The van der Waals surface area contributed by atoms with Crippen molar-refractivity contribution in [1.82, 2.24) is 31.2 Å². The molecule has 6 N–H and O–H groups in total. The fourth-order valence-electron chi connectivity index (χ4n) is 4.83. The van der Waals surface area contributed by atoms with Crippen molar-refractivity contribution < 1.29 is 24.2 Å². The van der Waals surface area contributed by atoms with Crippen LogP contribution in [-0.2, 0) is 27.4 Å². The molecule has 1 aromatic carbocycles. The maximum Gasteiger partial charge on any atom is 0.408 e. The van der Waals surface area contributed by atoms with Gasteiger partial charge in [0.05, 0.1) is 0 Å². The second-order valence-corrected chi connectivity index (χ2v) is 9.82. The molecule has 2 amide bonds. The van der Waals surface area contributed by atoms with E-state index in [-0.39, 0.29) is 31.3 Å². The summed E-state index contributed by atoms with van der Waals surface area (Å²) in [5.41, 5.74) is 1.64. The van der Waals surface area contributed by atoms with Crippen molar-refractivity contribution in [2.24, 2.45) is 5.92 Å². The first-order valence-corrected chi connectivity index (χ1v) is 13.7. The number of carbonyl (C=O) groups excluding carboxylic acids is 2. The summed E-state index contributed by atoms with van der Waals surface area (Å²) in [4.78, 5) is 47.8. The second-order valence-electron chi connectivity index (χ2n) is 9.82. The van der Waals surface area contributed by atoms with Gasteiger partial charge in [0.25, 0.3) is 0 Å². The molecule has 0 spiro atoms. The first-order valence-electron chi connectivity index (χ1n) is 13.7. The number of rotatable bonds is 11. The summed E-state index contributed by atoms with van der Waals surface area (Å²) in [6.07, 6.45) is 3.48. The molecule has 0 saturated carbocycles. The van der Waals surface area contributed by atoms with Crippen LogP contribution < -0.4 is 31.5 Å². The number of hydrogen-bond donors (Lipinski definition) is 6. The van der Waals surface area contributed by atoms with Crippen molar-refractivity contribution in [2.75, 3.05) is 42.9 Å². The summed E-state index contributed by atoms with van der Waals surface area (Å²) < 4.78 is 5.16. The highest BCUT2D eigenvalue weighted by molar-refractivity contribution is 5.81. The third kappa shape index (κ3) is 8.02. The predicted octanol–water partition coefficient (Wildman–Crippen LogP) is 1.03. The van der Waals surface area contributed by atoms with Crippen LogP contribution in [0.1, 0.15) is 37.3 Å². The standard InChI is InChI=1S/C27H38N8O5/c1-2-20-22(30-15-21(25(37)38)33-27(39)40-16-18-7-4-3-5-8-18)31-17-32-23(20)35-13-9-19(10-14-35)24(36)34-26-28-11-6-12-29-26/h3-5,7-8,17,19,21,26,28-29H,2,6,9-16H2,1H3,(H,33,39)(H,34,36)(H,37,38)(H,30,31,32). The van der Waals surface area contributed by atoms with E-state index in [9.17, 15) is 19.5 Å². The van der Waals surface area contributed by atoms with Crippen LogP contribution in [0.3, 0.4) is 0 Å². The van der Waals surface area contributed by atoms with Crippen molar-refractivity contribution >= 4 is 29.6 Å². The van der Waals surface area contributed by atoms with Crippen LogP contribution in [0, 0.1) is 5.92 Å². The molecule has 2 fully saturated rings. The molecule has 0 bridgehead atoms. The molecule has 3 heterocycles. The molecule has 13 nitrogen and oxygen atoms in total. The lowest BCUT2D eigenvalue weighted by molar-refractivity contribution is -0.139. The molecule has 2 aliphatic rings. The Labute approximate surface area is 233 Å². The first-order chi connectivity index (χ1) is 19.4. The molecular formula is C27H38N8O5. The largest absolute Gasteiger partial charge is 0.480 e. The molecule has 4 rings (SSSR count). The van der Waals surface area contributed by atoms with Gasteiger partial charge in [-0.15, -0.1) is 0 Å². The fraction of sp³-hybridized carbons (Fsp3) is 0.519. The summed E-state index contributed by atoms with van der Waals surface area (Å²) in [5.74, 6) is 0.0386. The minimum atomic E-state index is -1.23. The minimum Gasteiger partial charge on any atom is -0.480 e. The number of aliphatic carboxylic acids is 1. The Morgan fingerprint density at radius 3 is 2.52 bits per heavy atom. The molecular weight excluding hydrogens is 516 g/mol. The average Bonchev–Trinajstić information content (AvgIpc) is 2.99. The second kappa shape index (κ2) is 14.4. The number of carbonyl (C=O) groups is 3. The number of hydrogen-bond acceptors (Lipinski definition) is 10. The van der Waals surface area contributed by atoms with E-state index in [1.54, 1.807) is 0 Å². The Bertz CT molecular complexity index is 1140. The van der Waals surface area contributed by atoms with Gasteiger partial charge in [-0.05, 0) is 44.3 Å². The SMILES string of the molecule is CCc1c(NCC(NC(=O)OCc2ccccc2)C(=O)O)ncnc1N1CCC(C(=O)NC2NCCCN2)CC1. The number of ether oxygens (including phenoxy) is 1. The summed E-state index contributed by atoms with van der Waals surface area (Å²) in [5, 5.41) is 24.7. The summed E-state index contributed by atoms with van der Waals surface area (Å²) >= 11 is 0. The Balaban J connectivity index is 1.31. The molecule has 2 aliphatic heterocycles. The number of alkyl carbamates (subject to hydrolysis) is 1. The molecule has 0 radical (unpaired) electrons. The van der Waals surface area contributed by atoms with E-state index in [1.807, 2.05) is 37.3 Å². The van der Waals surface area contributed by atoms with E-state index in [0.29, 0.717) is 38.2 Å². The zero-order chi connectivity index (χ0) is 28.3. The van der Waals surface area contributed by atoms with E-state index in [2.05, 4.69) is 41.5 Å². The fourth-order valence-corrected chi connectivity index (χ4v) is 4.83. The van der Waals surface area contributed by atoms with Crippen molar-refractivity contribution in [3.05, 3.63) is 47.8 Å². The van der Waals surface area contributed by atoms with Gasteiger partial charge in [-0.3, -0.25) is 15.4 Å². The maximum atomic E-state index is 12.7. The molecule has 216 valence electrons. The monoisotopic (exact) mass is 554 g/mol. The van der Waals surface area contributed by atoms with Gasteiger partial charge < -0.3 is 30.7 Å². The van der Waals surface area contributed by atoms with Crippen LogP contribution >= 0.6 is 0 Å². The van der Waals surface area contributed by atoms with Gasteiger partial charge in [-0.1, -0.05) is 37.3 Å². The molecule has 40 heavy (non-hydrogen) atoms. The van der Waals surface area contributed by atoms with E-state index in [0.717, 1.165) is 36.5 Å². The number of carboxylic acids is 1. The third-order valence-corrected chi connectivity index (χ3v) is 7.06. The Morgan fingerprint density at radius 1 is 1.12 bits per heavy atom. The predicted molar refractivity (Wildman–Crippen MR) is 149 cm³/mol. The van der Waals surface area contributed by atoms with Crippen LogP contribution in [-0.4, -0.2) is 78.1 Å². The van der Waals surface area contributed by atoms with Crippen LogP contribution in [0.15, 0.2) is 36.7 Å². The lowest BCUT2D eigenvalue weighted by atomic mass is 9.95.